The molecule has 0 aliphatic rings. The van der Waals surface area contributed by atoms with Gasteiger partial charge in [-0.3, -0.25) is 0 Å². The number of imidazole rings is 1. The van der Waals surface area contributed by atoms with Gasteiger partial charge in [0.1, 0.15) is 0 Å². The van der Waals surface area contributed by atoms with Crippen molar-refractivity contribution >= 4 is 15.4 Å². The van der Waals surface area contributed by atoms with E-state index in [-0.39, 0.29) is 5.56 Å². The lowest BCUT2D eigenvalue weighted by atomic mass is 10.0. The molecule has 0 N–H and O–H groups in total. The molecule has 23 heavy (non-hydrogen) atoms. The van der Waals surface area contributed by atoms with Crippen LogP contribution in [0.3, 0.4) is 0 Å². The minimum absolute atomic E-state index is 0.274. The number of pyridine rings is 1. The van der Waals surface area contributed by atoms with Gasteiger partial charge in [-0.1, -0.05) is 12.1 Å². The Hall–Kier alpha value is -2.35. The molecular formula is C15H11F3N2O2S. The molecule has 8 heteroatoms. The molecule has 0 radical (unpaired) electrons. The van der Waals surface area contributed by atoms with Crippen molar-refractivity contribution in [2.45, 2.75) is 11.1 Å². The van der Waals surface area contributed by atoms with Crippen molar-refractivity contribution in [3.05, 3.63) is 54.6 Å². The lowest BCUT2D eigenvalue weighted by molar-refractivity contribution is -0.139. The molecular weight excluding hydrogens is 329 g/mol. The summed E-state index contributed by atoms with van der Waals surface area (Å²) in [5, 5.41) is 0. The third-order valence-electron chi connectivity index (χ3n) is 3.45. The standard InChI is InChI=1S/C15H11F3N2O2S/c1-23(21,22)14-5-4-10(7-12(14)15(16,17)18)11-3-2-6-20-9-19-8-13(11)20/h2-9H,1H3. The van der Waals surface area contributed by atoms with Gasteiger partial charge in [-0.15, -0.1) is 0 Å². The van der Waals surface area contributed by atoms with E-state index in [2.05, 4.69) is 4.98 Å². The van der Waals surface area contributed by atoms with Crippen molar-refractivity contribution in [1.29, 1.82) is 0 Å². The molecule has 0 unspecified atom stereocenters. The van der Waals surface area contributed by atoms with Gasteiger partial charge in [0, 0.05) is 18.0 Å². The summed E-state index contributed by atoms with van der Waals surface area (Å²) in [6.45, 7) is 0. The zero-order valence-electron chi connectivity index (χ0n) is 11.9. The number of nitrogens with zero attached hydrogens (tertiary/aromatic N) is 2. The number of halogens is 3. The van der Waals surface area contributed by atoms with Gasteiger partial charge < -0.3 is 4.40 Å². The number of aromatic nitrogens is 2. The quantitative estimate of drug-likeness (QED) is 0.718. The fourth-order valence-corrected chi connectivity index (χ4v) is 3.33. The van der Waals surface area contributed by atoms with Crippen LogP contribution in [0.25, 0.3) is 16.6 Å². The normalized spacial score (nSPS) is 12.7. The maximum atomic E-state index is 13.2. The highest BCUT2D eigenvalue weighted by Gasteiger charge is 2.36. The van der Waals surface area contributed by atoms with Crippen molar-refractivity contribution in [3.63, 3.8) is 0 Å². The number of rotatable bonds is 2. The van der Waals surface area contributed by atoms with Crippen LogP contribution in [-0.2, 0) is 16.0 Å². The second-order valence-electron chi connectivity index (χ2n) is 5.09. The highest BCUT2D eigenvalue weighted by Crippen LogP contribution is 2.37. The Morgan fingerprint density at radius 3 is 2.57 bits per heavy atom. The van der Waals surface area contributed by atoms with E-state index >= 15 is 0 Å². The Kier molecular flexibility index (Phi) is 3.44. The Balaban J connectivity index is 2.29. The molecule has 0 fully saturated rings. The summed E-state index contributed by atoms with van der Waals surface area (Å²) in [6.07, 6.45) is 0.789. The third-order valence-corrected chi connectivity index (χ3v) is 4.60. The van der Waals surface area contributed by atoms with Gasteiger partial charge in [-0.2, -0.15) is 13.2 Å². The maximum Gasteiger partial charge on any atom is 0.417 e. The molecule has 3 aromatic rings. The van der Waals surface area contributed by atoms with Crippen molar-refractivity contribution in [2.75, 3.05) is 6.26 Å². The molecule has 4 nitrogen and oxygen atoms in total. The first-order chi connectivity index (χ1) is 10.7. The van der Waals surface area contributed by atoms with Crippen molar-refractivity contribution < 1.29 is 21.6 Å². The van der Waals surface area contributed by atoms with E-state index in [1.165, 1.54) is 18.6 Å². The van der Waals surface area contributed by atoms with E-state index in [1.54, 1.807) is 22.7 Å². The van der Waals surface area contributed by atoms with Gasteiger partial charge in [0.2, 0.25) is 0 Å². The Bertz CT molecular complexity index is 991. The highest BCUT2D eigenvalue weighted by atomic mass is 32.2. The number of fused-ring (bicyclic) bond motifs is 1. The van der Waals surface area contributed by atoms with Crippen LogP contribution in [0.5, 0.6) is 0 Å². The summed E-state index contributed by atoms with van der Waals surface area (Å²) in [4.78, 5) is 3.23. The van der Waals surface area contributed by atoms with Crippen LogP contribution in [0, 0.1) is 0 Å². The molecule has 2 heterocycles. The SMILES string of the molecule is CS(=O)(=O)c1ccc(-c2cccn3cncc23)cc1C(F)(F)F. The van der Waals surface area contributed by atoms with Gasteiger partial charge in [0.15, 0.2) is 9.84 Å². The van der Waals surface area contributed by atoms with Gasteiger partial charge in [0.25, 0.3) is 0 Å². The first kappa shape index (κ1) is 15.5. The van der Waals surface area contributed by atoms with E-state index in [4.69, 9.17) is 0 Å². The van der Waals surface area contributed by atoms with Crippen LogP contribution in [0.4, 0.5) is 13.2 Å². The number of alkyl halides is 3. The number of benzene rings is 1. The molecule has 0 bridgehead atoms. The third kappa shape index (κ3) is 2.81. The Labute approximate surface area is 130 Å². The fourth-order valence-electron chi connectivity index (χ4n) is 2.44. The largest absolute Gasteiger partial charge is 0.417 e. The summed E-state index contributed by atoms with van der Waals surface area (Å²) in [7, 11) is -3.98. The zero-order valence-corrected chi connectivity index (χ0v) is 12.7. The fraction of sp³-hybridized carbons (Fsp3) is 0.133. The zero-order chi connectivity index (χ0) is 16.8. The second-order valence-corrected chi connectivity index (χ2v) is 7.07. The predicted octanol–water partition coefficient (Wildman–Crippen LogP) is 3.42. The first-order valence-electron chi connectivity index (χ1n) is 6.50. The minimum Gasteiger partial charge on any atom is -0.306 e. The highest BCUT2D eigenvalue weighted by molar-refractivity contribution is 7.90. The summed E-state index contributed by atoms with van der Waals surface area (Å²) in [6, 6.07) is 6.56. The van der Waals surface area contributed by atoms with E-state index < -0.39 is 26.5 Å². The topological polar surface area (TPSA) is 51.4 Å². The van der Waals surface area contributed by atoms with Gasteiger partial charge >= 0.3 is 6.18 Å². The van der Waals surface area contributed by atoms with Crippen LogP contribution < -0.4 is 0 Å². The molecule has 120 valence electrons. The number of sulfone groups is 1. The molecule has 0 spiro atoms. The molecule has 0 amide bonds. The maximum absolute atomic E-state index is 13.2. The lowest BCUT2D eigenvalue weighted by Crippen LogP contribution is -2.12. The molecule has 2 aromatic heterocycles. The molecule has 0 atom stereocenters. The van der Waals surface area contributed by atoms with E-state index in [9.17, 15) is 21.6 Å². The molecule has 0 aliphatic carbocycles. The van der Waals surface area contributed by atoms with Crippen LogP contribution in [0.2, 0.25) is 0 Å². The van der Waals surface area contributed by atoms with Crippen LogP contribution in [0.15, 0.2) is 53.9 Å². The minimum atomic E-state index is -4.76. The Morgan fingerprint density at radius 1 is 1.17 bits per heavy atom. The molecule has 0 aliphatic heterocycles. The summed E-state index contributed by atoms with van der Waals surface area (Å²) in [5.74, 6) is 0. The monoisotopic (exact) mass is 340 g/mol. The molecule has 0 saturated carbocycles. The van der Waals surface area contributed by atoms with Gasteiger partial charge in [-0.25, -0.2) is 13.4 Å². The van der Waals surface area contributed by atoms with Crippen molar-refractivity contribution in [3.8, 4) is 11.1 Å². The van der Waals surface area contributed by atoms with Crippen molar-refractivity contribution in [1.82, 2.24) is 9.38 Å². The van der Waals surface area contributed by atoms with E-state index in [0.29, 0.717) is 11.1 Å². The van der Waals surface area contributed by atoms with E-state index in [0.717, 1.165) is 18.4 Å². The molecule has 3 rings (SSSR count). The molecule has 1 aromatic carbocycles. The summed E-state index contributed by atoms with van der Waals surface area (Å²) < 4.78 is 64.6. The van der Waals surface area contributed by atoms with Crippen LogP contribution >= 0.6 is 0 Å². The predicted molar refractivity (Wildman–Crippen MR) is 78.7 cm³/mol. The summed E-state index contributed by atoms with van der Waals surface area (Å²) >= 11 is 0. The second kappa shape index (κ2) is 5.09. The van der Waals surface area contributed by atoms with E-state index in [1.807, 2.05) is 0 Å². The van der Waals surface area contributed by atoms with Crippen LogP contribution in [0.1, 0.15) is 5.56 Å². The summed E-state index contributed by atoms with van der Waals surface area (Å²) in [5.41, 5.74) is 0.276. The number of hydrogen-bond donors (Lipinski definition) is 0. The van der Waals surface area contributed by atoms with Crippen LogP contribution in [-0.4, -0.2) is 24.1 Å². The lowest BCUT2D eigenvalue weighted by Gasteiger charge is -2.14. The Morgan fingerprint density at radius 2 is 1.91 bits per heavy atom. The average molecular weight is 340 g/mol. The number of hydrogen-bond acceptors (Lipinski definition) is 3. The van der Waals surface area contributed by atoms with Crippen molar-refractivity contribution in [2.24, 2.45) is 0 Å². The smallest absolute Gasteiger partial charge is 0.306 e. The average Bonchev–Trinajstić information content (AvgIpc) is 2.93. The molecule has 0 saturated heterocycles. The van der Waals surface area contributed by atoms with Gasteiger partial charge in [-0.05, 0) is 23.8 Å². The van der Waals surface area contributed by atoms with Gasteiger partial charge in [0.05, 0.1) is 28.5 Å². The first-order valence-corrected chi connectivity index (χ1v) is 8.39.